The Morgan fingerprint density at radius 1 is 1.06 bits per heavy atom. The lowest BCUT2D eigenvalue weighted by Gasteiger charge is -2.31. The van der Waals surface area contributed by atoms with Crippen molar-refractivity contribution in [2.45, 2.75) is 38.1 Å². The lowest BCUT2D eigenvalue weighted by molar-refractivity contribution is -0.121. The van der Waals surface area contributed by atoms with E-state index in [2.05, 4.69) is 10.4 Å². The van der Waals surface area contributed by atoms with E-state index < -0.39 is 10.0 Å². The molecule has 35 heavy (non-hydrogen) atoms. The third-order valence-electron chi connectivity index (χ3n) is 6.21. The minimum Gasteiger partial charge on any atom is -0.339 e. The number of primary sulfonamides is 1. The van der Waals surface area contributed by atoms with Crippen LogP contribution in [0.4, 0.5) is 5.69 Å². The monoisotopic (exact) mass is 495 g/mol. The summed E-state index contributed by atoms with van der Waals surface area (Å²) in [6, 6.07) is 15.3. The van der Waals surface area contributed by atoms with E-state index in [9.17, 15) is 18.0 Å². The number of sulfonamides is 1. The second-order valence-corrected chi connectivity index (χ2v) is 10.5. The molecule has 0 radical (unpaired) electrons. The lowest BCUT2D eigenvalue weighted by Crippen LogP contribution is -2.41. The second kappa shape index (κ2) is 10.0. The van der Waals surface area contributed by atoms with Gasteiger partial charge in [-0.15, -0.1) is 0 Å². The van der Waals surface area contributed by atoms with Gasteiger partial charge in [0.05, 0.1) is 17.1 Å². The number of nitrogens with one attached hydrogen (secondary N) is 1. The average Bonchev–Trinajstić information content (AvgIpc) is 3.15. The minimum atomic E-state index is -3.78. The highest BCUT2D eigenvalue weighted by molar-refractivity contribution is 7.89. The molecule has 3 aromatic rings. The summed E-state index contributed by atoms with van der Waals surface area (Å²) in [6.07, 6.45) is 1.11. The van der Waals surface area contributed by atoms with E-state index in [1.54, 1.807) is 4.90 Å². The third-order valence-corrected chi connectivity index (χ3v) is 7.14. The Morgan fingerprint density at radius 2 is 1.74 bits per heavy atom. The summed E-state index contributed by atoms with van der Waals surface area (Å²) in [5, 5.41) is 12.4. The first-order chi connectivity index (χ1) is 16.6. The highest BCUT2D eigenvalue weighted by atomic mass is 32.2. The van der Waals surface area contributed by atoms with Crippen LogP contribution in [0.3, 0.4) is 0 Å². The van der Waals surface area contributed by atoms with Gasteiger partial charge in [0.2, 0.25) is 15.9 Å². The van der Waals surface area contributed by atoms with Gasteiger partial charge >= 0.3 is 0 Å². The molecule has 10 heteroatoms. The summed E-state index contributed by atoms with van der Waals surface area (Å²) in [6.45, 7) is 5.54. The van der Waals surface area contributed by atoms with Crippen LogP contribution in [0.15, 0.2) is 59.5 Å². The summed E-state index contributed by atoms with van der Waals surface area (Å²) in [5.74, 6) is -0.417. The number of rotatable bonds is 6. The van der Waals surface area contributed by atoms with Crippen LogP contribution in [-0.2, 0) is 21.4 Å². The molecule has 4 rings (SSSR count). The Hall–Kier alpha value is -3.50. The zero-order chi connectivity index (χ0) is 25.2. The maximum absolute atomic E-state index is 13.1. The average molecular weight is 496 g/mol. The van der Waals surface area contributed by atoms with Crippen molar-refractivity contribution in [2.75, 3.05) is 18.4 Å². The fraction of sp³-hybridized carbons (Fsp3) is 0.320. The molecule has 2 heterocycles. The number of anilines is 1. The second-order valence-electron chi connectivity index (χ2n) is 8.91. The number of aromatic nitrogens is 2. The maximum Gasteiger partial charge on any atom is 0.253 e. The predicted molar refractivity (Wildman–Crippen MR) is 132 cm³/mol. The van der Waals surface area contributed by atoms with Crippen LogP contribution in [-0.4, -0.2) is 48.0 Å². The molecule has 2 aromatic carbocycles. The van der Waals surface area contributed by atoms with Crippen molar-refractivity contribution in [3.8, 4) is 0 Å². The summed E-state index contributed by atoms with van der Waals surface area (Å²) in [4.78, 5) is 27.5. The highest BCUT2D eigenvalue weighted by Gasteiger charge is 2.28. The van der Waals surface area contributed by atoms with E-state index >= 15 is 0 Å². The van der Waals surface area contributed by atoms with Crippen molar-refractivity contribution < 1.29 is 18.0 Å². The maximum atomic E-state index is 13.1. The molecule has 1 fully saturated rings. The Labute approximate surface area is 205 Å². The third kappa shape index (κ3) is 5.95. The SMILES string of the molecule is Cc1cc(C)n(Cc2cccc(C(=O)N3CCC(C(=O)Nc4ccc(S(N)(=O)=O)cc4)CC3)c2)n1. The number of hydrogen-bond donors (Lipinski definition) is 2. The zero-order valence-corrected chi connectivity index (χ0v) is 20.6. The van der Waals surface area contributed by atoms with Crippen LogP contribution in [0, 0.1) is 19.8 Å². The Balaban J connectivity index is 1.33. The smallest absolute Gasteiger partial charge is 0.253 e. The first-order valence-corrected chi connectivity index (χ1v) is 13.0. The standard InChI is InChI=1S/C25H29N5O4S/c1-17-14-18(2)30(28-17)16-19-4-3-5-21(15-19)25(32)29-12-10-20(11-13-29)24(31)27-22-6-8-23(9-7-22)35(26,33)34/h3-9,14-15,20H,10-13,16H2,1-2H3,(H,27,31)(H2,26,33,34). The minimum absolute atomic E-state index is 0.0127. The topological polar surface area (TPSA) is 127 Å². The molecule has 0 atom stereocenters. The first kappa shape index (κ1) is 24.6. The van der Waals surface area contributed by atoms with Gasteiger partial charge in [0.25, 0.3) is 5.91 Å². The van der Waals surface area contributed by atoms with Gasteiger partial charge in [0.1, 0.15) is 0 Å². The molecule has 0 unspecified atom stereocenters. The lowest BCUT2D eigenvalue weighted by atomic mass is 9.95. The number of nitrogens with zero attached hydrogens (tertiary/aromatic N) is 3. The molecule has 1 aromatic heterocycles. The van der Waals surface area contributed by atoms with Gasteiger partial charge in [-0.05, 0) is 74.7 Å². The summed E-state index contributed by atoms with van der Waals surface area (Å²) >= 11 is 0. The van der Waals surface area contributed by atoms with Crippen LogP contribution in [0.2, 0.25) is 0 Å². The first-order valence-electron chi connectivity index (χ1n) is 11.4. The van der Waals surface area contributed by atoms with Crippen LogP contribution < -0.4 is 10.5 Å². The number of aryl methyl sites for hydroxylation is 2. The van der Waals surface area contributed by atoms with E-state index in [1.807, 2.05) is 48.9 Å². The molecule has 0 bridgehead atoms. The highest BCUT2D eigenvalue weighted by Crippen LogP contribution is 2.22. The number of carbonyl (C=O) groups excluding carboxylic acids is 2. The van der Waals surface area contributed by atoms with Crippen molar-refractivity contribution >= 4 is 27.5 Å². The zero-order valence-electron chi connectivity index (χ0n) is 19.8. The van der Waals surface area contributed by atoms with Gasteiger partial charge in [-0.1, -0.05) is 12.1 Å². The van der Waals surface area contributed by atoms with Gasteiger partial charge in [0.15, 0.2) is 0 Å². The van der Waals surface area contributed by atoms with E-state index in [-0.39, 0.29) is 22.6 Å². The van der Waals surface area contributed by atoms with Crippen LogP contribution in [0.5, 0.6) is 0 Å². The van der Waals surface area contributed by atoms with E-state index in [4.69, 9.17) is 5.14 Å². The van der Waals surface area contributed by atoms with Crippen molar-refractivity contribution in [1.29, 1.82) is 0 Å². The van der Waals surface area contributed by atoms with E-state index in [1.165, 1.54) is 24.3 Å². The number of benzene rings is 2. The van der Waals surface area contributed by atoms with Crippen molar-refractivity contribution in [2.24, 2.45) is 11.1 Å². The molecule has 0 spiro atoms. The largest absolute Gasteiger partial charge is 0.339 e. The van der Waals surface area contributed by atoms with E-state index in [0.717, 1.165) is 17.0 Å². The summed E-state index contributed by atoms with van der Waals surface area (Å²) in [7, 11) is -3.78. The summed E-state index contributed by atoms with van der Waals surface area (Å²) in [5.41, 5.74) is 4.16. The van der Waals surface area contributed by atoms with Crippen molar-refractivity contribution in [3.63, 3.8) is 0 Å². The fourth-order valence-corrected chi connectivity index (χ4v) is 4.83. The molecule has 0 saturated carbocycles. The number of piperidine rings is 1. The van der Waals surface area contributed by atoms with Crippen LogP contribution >= 0.6 is 0 Å². The van der Waals surface area contributed by atoms with Gasteiger partial charge in [-0.2, -0.15) is 5.10 Å². The molecule has 1 aliphatic heterocycles. The number of hydrogen-bond acceptors (Lipinski definition) is 5. The van der Waals surface area contributed by atoms with Gasteiger partial charge in [-0.25, -0.2) is 13.6 Å². The molecular weight excluding hydrogens is 466 g/mol. The van der Waals surface area contributed by atoms with Crippen molar-refractivity contribution in [3.05, 3.63) is 77.1 Å². The molecular formula is C25H29N5O4S. The molecule has 184 valence electrons. The molecule has 9 nitrogen and oxygen atoms in total. The fourth-order valence-electron chi connectivity index (χ4n) is 4.31. The van der Waals surface area contributed by atoms with Crippen molar-refractivity contribution in [1.82, 2.24) is 14.7 Å². The number of nitrogens with two attached hydrogens (primary N) is 1. The molecule has 0 aliphatic carbocycles. The molecule has 1 aliphatic rings. The number of amides is 2. The van der Waals surface area contributed by atoms with Gasteiger partial charge < -0.3 is 10.2 Å². The number of likely N-dealkylation sites (tertiary alicyclic amines) is 1. The van der Waals surface area contributed by atoms with Gasteiger partial charge in [0, 0.05) is 36.0 Å². The predicted octanol–water partition coefficient (Wildman–Crippen LogP) is 2.69. The summed E-state index contributed by atoms with van der Waals surface area (Å²) < 4.78 is 24.7. The Morgan fingerprint density at radius 3 is 2.34 bits per heavy atom. The normalized spacial score (nSPS) is 14.7. The Kier molecular flexibility index (Phi) is 7.04. The van der Waals surface area contributed by atoms with E-state index in [0.29, 0.717) is 43.7 Å². The molecule has 1 saturated heterocycles. The quantitative estimate of drug-likeness (QED) is 0.544. The molecule has 3 N–H and O–H groups in total. The van der Waals surface area contributed by atoms with Crippen LogP contribution in [0.25, 0.3) is 0 Å². The number of carbonyl (C=O) groups is 2. The molecule has 2 amide bonds. The Bertz CT molecular complexity index is 1340. The van der Waals surface area contributed by atoms with Gasteiger partial charge in [-0.3, -0.25) is 14.3 Å². The van der Waals surface area contributed by atoms with Crippen LogP contribution in [0.1, 0.15) is 40.2 Å².